The maximum atomic E-state index is 12.5. The zero-order valence-electron chi connectivity index (χ0n) is 11.3. The van der Waals surface area contributed by atoms with Gasteiger partial charge in [-0.3, -0.25) is 5.10 Å². The first-order valence-electron chi connectivity index (χ1n) is 5.85. The molecule has 10 heteroatoms. The third kappa shape index (κ3) is 3.93. The number of aromatic nitrogens is 2. The number of aromatic amines is 1. The molecule has 1 rings (SSSR count). The van der Waals surface area contributed by atoms with E-state index in [1.54, 1.807) is 7.05 Å². The number of nitrogens with zero attached hydrogens (tertiary/aromatic N) is 2. The summed E-state index contributed by atoms with van der Waals surface area (Å²) in [6.07, 6.45) is -3.34. The van der Waals surface area contributed by atoms with Crippen LogP contribution in [0.1, 0.15) is 19.4 Å². The van der Waals surface area contributed by atoms with Crippen LogP contribution in [0.3, 0.4) is 0 Å². The molecule has 0 spiro atoms. The highest BCUT2D eigenvalue weighted by Crippen LogP contribution is 2.25. The molecule has 0 saturated heterocycles. The van der Waals surface area contributed by atoms with Crippen molar-refractivity contribution in [3.63, 3.8) is 0 Å². The molecule has 0 aromatic carbocycles. The van der Waals surface area contributed by atoms with Crippen LogP contribution in [0.25, 0.3) is 0 Å². The summed E-state index contributed by atoms with van der Waals surface area (Å²) < 4.78 is 62.7. The zero-order chi connectivity index (χ0) is 15.6. The molecule has 1 heterocycles. The number of halogens is 3. The molecular formula is C10H17F3N4O2S. The molecule has 2 N–H and O–H groups in total. The second-order valence-electron chi connectivity index (χ2n) is 4.51. The highest BCUT2D eigenvalue weighted by atomic mass is 32.2. The molecule has 0 fully saturated rings. The Morgan fingerprint density at radius 1 is 1.45 bits per heavy atom. The predicted molar refractivity (Wildman–Crippen MR) is 66.4 cm³/mol. The van der Waals surface area contributed by atoms with E-state index in [4.69, 9.17) is 0 Å². The summed E-state index contributed by atoms with van der Waals surface area (Å²) in [7, 11) is -2.69. The molecule has 0 bridgehead atoms. The van der Waals surface area contributed by atoms with Crippen LogP contribution in [-0.4, -0.2) is 48.7 Å². The number of hydrogen-bond acceptors (Lipinski definition) is 4. The van der Waals surface area contributed by atoms with Crippen molar-refractivity contribution in [2.75, 3.05) is 13.6 Å². The molecule has 6 nitrogen and oxygen atoms in total. The Labute approximate surface area is 115 Å². The van der Waals surface area contributed by atoms with Gasteiger partial charge < -0.3 is 5.32 Å². The van der Waals surface area contributed by atoms with E-state index < -0.39 is 28.8 Å². The average Bonchev–Trinajstić information content (AvgIpc) is 2.73. The number of hydrogen-bond donors (Lipinski definition) is 2. The second kappa shape index (κ2) is 6.10. The third-order valence-electron chi connectivity index (χ3n) is 2.52. The minimum absolute atomic E-state index is 0.184. The fraction of sp³-hybridized carbons (Fsp3) is 0.700. The zero-order valence-corrected chi connectivity index (χ0v) is 12.1. The first kappa shape index (κ1) is 16.9. The van der Waals surface area contributed by atoms with Gasteiger partial charge in [-0.2, -0.15) is 22.6 Å². The van der Waals surface area contributed by atoms with Gasteiger partial charge in [0.15, 0.2) is 5.03 Å². The van der Waals surface area contributed by atoms with E-state index in [9.17, 15) is 21.6 Å². The summed E-state index contributed by atoms with van der Waals surface area (Å²) in [6, 6.07) is -0.827. The van der Waals surface area contributed by atoms with Crippen molar-refractivity contribution in [3.8, 4) is 0 Å². The minimum atomic E-state index is -4.61. The van der Waals surface area contributed by atoms with Crippen LogP contribution in [0.15, 0.2) is 11.2 Å². The van der Waals surface area contributed by atoms with Gasteiger partial charge in [-0.05, 0) is 20.9 Å². The lowest BCUT2D eigenvalue weighted by Gasteiger charge is -2.26. The van der Waals surface area contributed by atoms with Gasteiger partial charge in [0.05, 0.1) is 6.20 Å². The molecule has 1 aromatic rings. The molecule has 0 unspecified atom stereocenters. The molecule has 0 aliphatic carbocycles. The van der Waals surface area contributed by atoms with Crippen LogP contribution in [0.5, 0.6) is 0 Å². The largest absolute Gasteiger partial charge is 0.402 e. The molecule has 116 valence electrons. The minimum Gasteiger partial charge on any atom is -0.316 e. The molecule has 20 heavy (non-hydrogen) atoms. The highest BCUT2D eigenvalue weighted by molar-refractivity contribution is 7.89. The molecule has 0 saturated carbocycles. The lowest BCUT2D eigenvalue weighted by molar-refractivity contribution is -0.138. The normalized spacial score (nSPS) is 13.4. The van der Waals surface area contributed by atoms with Crippen LogP contribution in [0, 0.1) is 0 Å². The standard InChI is InChI=1S/C10H17F3N4O2S/c1-7(2)17(6-10(11,12)13)20(18,19)9-8(4-14-3)5-15-16-9/h5,7,14H,4,6H2,1-3H3,(H,15,16). The fourth-order valence-electron chi connectivity index (χ4n) is 1.68. The van der Waals surface area contributed by atoms with E-state index >= 15 is 0 Å². The molecule has 0 radical (unpaired) electrons. The summed E-state index contributed by atoms with van der Waals surface area (Å²) in [5.41, 5.74) is 0.292. The van der Waals surface area contributed by atoms with Gasteiger partial charge in [0.25, 0.3) is 10.0 Å². The summed E-state index contributed by atoms with van der Waals surface area (Å²) in [5, 5.41) is 8.28. The molecule has 0 aliphatic heterocycles. The Morgan fingerprint density at radius 2 is 2.05 bits per heavy atom. The van der Waals surface area contributed by atoms with E-state index in [0.717, 1.165) is 0 Å². The highest BCUT2D eigenvalue weighted by Gasteiger charge is 2.39. The van der Waals surface area contributed by atoms with Crippen molar-refractivity contribution in [3.05, 3.63) is 11.8 Å². The summed E-state index contributed by atoms with van der Waals surface area (Å²) in [4.78, 5) is 0. The van der Waals surface area contributed by atoms with Crippen molar-refractivity contribution in [2.24, 2.45) is 0 Å². The fourth-order valence-corrected chi connectivity index (χ4v) is 3.41. The van der Waals surface area contributed by atoms with Gasteiger partial charge in [0.1, 0.15) is 6.54 Å². The molecular weight excluding hydrogens is 297 g/mol. The Balaban J connectivity index is 3.20. The van der Waals surface area contributed by atoms with Crippen LogP contribution < -0.4 is 5.32 Å². The Kier molecular flexibility index (Phi) is 5.16. The Morgan fingerprint density at radius 3 is 2.50 bits per heavy atom. The summed E-state index contributed by atoms with van der Waals surface area (Å²) in [6.45, 7) is 1.42. The molecule has 0 amide bonds. The van der Waals surface area contributed by atoms with Gasteiger partial charge in [-0.25, -0.2) is 8.42 Å². The van der Waals surface area contributed by atoms with Gasteiger partial charge in [-0.15, -0.1) is 0 Å². The first-order valence-corrected chi connectivity index (χ1v) is 7.29. The molecule has 0 aliphatic rings. The summed E-state index contributed by atoms with van der Waals surface area (Å²) in [5.74, 6) is 0. The number of rotatable bonds is 6. The average molecular weight is 314 g/mol. The maximum Gasteiger partial charge on any atom is 0.402 e. The predicted octanol–water partition coefficient (Wildman–Crippen LogP) is 1.09. The van der Waals surface area contributed by atoms with E-state index in [1.807, 2.05) is 0 Å². The van der Waals surface area contributed by atoms with E-state index in [0.29, 0.717) is 9.87 Å². The maximum absolute atomic E-state index is 12.5. The van der Waals surface area contributed by atoms with E-state index in [2.05, 4.69) is 15.5 Å². The van der Waals surface area contributed by atoms with E-state index in [1.165, 1.54) is 20.0 Å². The third-order valence-corrected chi connectivity index (χ3v) is 4.56. The SMILES string of the molecule is CNCc1cn[nH]c1S(=O)(=O)N(CC(F)(F)F)C(C)C. The first-order chi connectivity index (χ1) is 9.09. The van der Waals surface area contributed by atoms with Crippen molar-refractivity contribution < 1.29 is 21.6 Å². The van der Waals surface area contributed by atoms with Crippen molar-refractivity contribution in [1.29, 1.82) is 0 Å². The van der Waals surface area contributed by atoms with Crippen molar-refractivity contribution in [2.45, 2.75) is 37.6 Å². The van der Waals surface area contributed by atoms with Gasteiger partial charge in [0, 0.05) is 18.2 Å². The number of H-pyrrole nitrogens is 1. The van der Waals surface area contributed by atoms with Crippen molar-refractivity contribution >= 4 is 10.0 Å². The second-order valence-corrected chi connectivity index (χ2v) is 6.34. The molecule has 0 atom stereocenters. The number of sulfonamides is 1. The van der Waals surface area contributed by atoms with Gasteiger partial charge >= 0.3 is 6.18 Å². The summed E-state index contributed by atoms with van der Waals surface area (Å²) >= 11 is 0. The lowest BCUT2D eigenvalue weighted by Crippen LogP contribution is -2.43. The quantitative estimate of drug-likeness (QED) is 0.824. The topological polar surface area (TPSA) is 78.1 Å². The lowest BCUT2D eigenvalue weighted by atomic mass is 10.4. The Hall–Kier alpha value is -1.13. The van der Waals surface area contributed by atoms with Crippen LogP contribution in [0.4, 0.5) is 13.2 Å². The van der Waals surface area contributed by atoms with Crippen LogP contribution in [0.2, 0.25) is 0 Å². The number of alkyl halides is 3. The monoisotopic (exact) mass is 314 g/mol. The van der Waals surface area contributed by atoms with Crippen LogP contribution >= 0.6 is 0 Å². The smallest absolute Gasteiger partial charge is 0.316 e. The van der Waals surface area contributed by atoms with Crippen molar-refractivity contribution in [1.82, 2.24) is 19.8 Å². The molecule has 1 aromatic heterocycles. The number of nitrogens with one attached hydrogen (secondary N) is 2. The van der Waals surface area contributed by atoms with Crippen LogP contribution in [-0.2, 0) is 16.6 Å². The Bertz CT molecular complexity index is 539. The van der Waals surface area contributed by atoms with Gasteiger partial charge in [0.2, 0.25) is 0 Å². The van der Waals surface area contributed by atoms with E-state index in [-0.39, 0.29) is 11.6 Å². The van der Waals surface area contributed by atoms with Gasteiger partial charge in [-0.1, -0.05) is 0 Å².